The molecule has 2 heterocycles. The van der Waals surface area contributed by atoms with Gasteiger partial charge in [-0.1, -0.05) is 48.5 Å². The fraction of sp³-hybridized carbons (Fsp3) is 0.407. The number of benzene rings is 2. The van der Waals surface area contributed by atoms with Crippen molar-refractivity contribution < 1.29 is 9.18 Å². The maximum atomic E-state index is 13.2. The number of hydrazone groups is 1. The van der Waals surface area contributed by atoms with Crippen LogP contribution in [0.2, 0.25) is 0 Å². The van der Waals surface area contributed by atoms with Crippen molar-refractivity contribution in [2.75, 3.05) is 26.7 Å². The third-order valence-corrected chi connectivity index (χ3v) is 7.46. The van der Waals surface area contributed by atoms with Crippen molar-refractivity contribution in [3.63, 3.8) is 0 Å². The smallest absolute Gasteiger partial charge is 0.227 e. The Hall–Kier alpha value is -2.95. The molecule has 166 valence electrons. The van der Waals surface area contributed by atoms with E-state index in [0.29, 0.717) is 12.3 Å². The lowest BCUT2D eigenvalue weighted by Gasteiger charge is -2.44. The molecular weight excluding hydrogens is 401 g/mol. The second kappa shape index (κ2) is 8.53. The molecule has 3 aliphatic rings. The second-order valence-electron chi connectivity index (χ2n) is 9.53. The van der Waals surface area contributed by atoms with E-state index in [1.807, 2.05) is 17.0 Å². The first-order valence-electron chi connectivity index (χ1n) is 11.6. The Bertz CT molecular complexity index is 1050. The molecule has 0 bridgehead atoms. The number of carbonyl (C=O) groups is 1. The van der Waals surface area contributed by atoms with Crippen LogP contribution in [0.25, 0.3) is 0 Å². The van der Waals surface area contributed by atoms with E-state index in [4.69, 9.17) is 5.10 Å². The highest BCUT2D eigenvalue weighted by molar-refractivity contribution is 6.03. The van der Waals surface area contributed by atoms with Crippen LogP contribution in [0.5, 0.6) is 0 Å². The summed E-state index contributed by atoms with van der Waals surface area (Å²) in [6.07, 6.45) is 6.76. The Labute approximate surface area is 189 Å². The Morgan fingerprint density at radius 2 is 1.88 bits per heavy atom. The fourth-order valence-electron chi connectivity index (χ4n) is 5.66. The molecule has 5 heteroatoms. The van der Waals surface area contributed by atoms with Crippen LogP contribution in [0.15, 0.2) is 71.3 Å². The lowest BCUT2D eigenvalue weighted by atomic mass is 9.61. The van der Waals surface area contributed by atoms with E-state index in [9.17, 15) is 9.18 Å². The summed E-state index contributed by atoms with van der Waals surface area (Å²) in [7, 11) is 2.04. The largest absolute Gasteiger partial charge is 0.342 e. The Kier molecular flexibility index (Phi) is 5.58. The molecule has 1 spiro atoms. The summed E-state index contributed by atoms with van der Waals surface area (Å²) in [6.45, 7) is 2.43. The first kappa shape index (κ1) is 20.9. The first-order chi connectivity index (χ1) is 15.5. The maximum Gasteiger partial charge on any atom is 0.227 e. The lowest BCUT2D eigenvalue weighted by Crippen LogP contribution is -2.46. The summed E-state index contributed by atoms with van der Waals surface area (Å²) < 4.78 is 13.2. The van der Waals surface area contributed by atoms with Gasteiger partial charge in [-0.3, -0.25) is 9.80 Å². The molecule has 5 rings (SSSR count). The number of halogens is 1. The van der Waals surface area contributed by atoms with Gasteiger partial charge in [0.25, 0.3) is 0 Å². The molecule has 1 aliphatic carbocycles. The number of hydrogen-bond acceptors (Lipinski definition) is 3. The van der Waals surface area contributed by atoms with Crippen molar-refractivity contribution >= 4 is 11.6 Å². The summed E-state index contributed by atoms with van der Waals surface area (Å²) in [5.74, 6) is 0.168. The molecule has 2 atom stereocenters. The summed E-state index contributed by atoms with van der Waals surface area (Å²) in [4.78, 5) is 15.1. The number of likely N-dealkylation sites (tertiary alicyclic amines) is 1. The number of amides is 1. The SMILES string of the molecule is CN1CC=C2CCC3(CCN(C(=O)Cc4ccc(F)cc4)C3)C(Cc3ccccc3)C2=N1. The molecule has 2 fully saturated rings. The van der Waals surface area contributed by atoms with Crippen LogP contribution in [-0.4, -0.2) is 48.2 Å². The van der Waals surface area contributed by atoms with E-state index in [0.717, 1.165) is 50.9 Å². The van der Waals surface area contributed by atoms with E-state index in [-0.39, 0.29) is 17.1 Å². The highest BCUT2D eigenvalue weighted by Crippen LogP contribution is 2.50. The lowest BCUT2D eigenvalue weighted by molar-refractivity contribution is -0.130. The third kappa shape index (κ3) is 4.08. The van der Waals surface area contributed by atoms with Gasteiger partial charge in [-0.05, 0) is 59.9 Å². The molecular formula is C27H30FN3O. The Morgan fingerprint density at radius 1 is 1.09 bits per heavy atom. The zero-order valence-electron chi connectivity index (χ0n) is 18.6. The molecule has 0 radical (unpaired) electrons. The van der Waals surface area contributed by atoms with E-state index in [1.54, 1.807) is 12.1 Å². The summed E-state index contributed by atoms with van der Waals surface area (Å²) in [5.41, 5.74) is 4.87. The predicted octanol–water partition coefficient (Wildman–Crippen LogP) is 4.47. The van der Waals surface area contributed by atoms with Crippen LogP contribution in [0.3, 0.4) is 0 Å². The van der Waals surface area contributed by atoms with E-state index >= 15 is 0 Å². The number of hydrogen-bond donors (Lipinski definition) is 0. The van der Waals surface area contributed by atoms with Crippen LogP contribution in [0, 0.1) is 17.2 Å². The van der Waals surface area contributed by atoms with Crippen LogP contribution in [0.4, 0.5) is 4.39 Å². The molecule has 32 heavy (non-hydrogen) atoms. The number of fused-ring (bicyclic) bond motifs is 1. The molecule has 0 aromatic heterocycles. The van der Waals surface area contributed by atoms with Crippen molar-refractivity contribution in [2.24, 2.45) is 16.4 Å². The molecule has 2 unspecified atom stereocenters. The number of rotatable bonds is 4. The number of nitrogens with zero attached hydrogens (tertiary/aromatic N) is 3. The van der Waals surface area contributed by atoms with Crippen molar-refractivity contribution in [3.8, 4) is 0 Å². The Balaban J connectivity index is 1.39. The monoisotopic (exact) mass is 431 g/mol. The molecule has 1 amide bonds. The van der Waals surface area contributed by atoms with Crippen LogP contribution in [-0.2, 0) is 17.6 Å². The highest BCUT2D eigenvalue weighted by Gasteiger charge is 2.50. The standard InChI is InChI=1S/C27H30FN3O/c1-30-15-12-22-11-13-27(24(26(22)29-30)17-20-5-3-2-4-6-20)14-16-31(19-27)25(32)18-21-7-9-23(28)10-8-21/h2-10,12,24H,11,13-19H2,1H3. The van der Waals surface area contributed by atoms with Crippen LogP contribution >= 0.6 is 0 Å². The van der Waals surface area contributed by atoms with Gasteiger partial charge >= 0.3 is 0 Å². The Morgan fingerprint density at radius 3 is 2.66 bits per heavy atom. The predicted molar refractivity (Wildman–Crippen MR) is 125 cm³/mol. The molecule has 0 N–H and O–H groups in total. The summed E-state index contributed by atoms with van der Waals surface area (Å²) in [6, 6.07) is 16.9. The average molecular weight is 432 g/mol. The van der Waals surface area contributed by atoms with Gasteiger partial charge in [0.1, 0.15) is 5.82 Å². The van der Waals surface area contributed by atoms with Crippen molar-refractivity contribution in [1.82, 2.24) is 9.91 Å². The van der Waals surface area contributed by atoms with E-state index in [1.165, 1.54) is 29.0 Å². The summed E-state index contributed by atoms with van der Waals surface area (Å²) in [5, 5.41) is 7.02. The zero-order chi connectivity index (χ0) is 22.1. The van der Waals surface area contributed by atoms with E-state index in [2.05, 4.69) is 36.4 Å². The zero-order valence-corrected chi connectivity index (χ0v) is 18.6. The van der Waals surface area contributed by atoms with Gasteiger partial charge in [-0.15, -0.1) is 0 Å². The number of allylic oxidation sites excluding steroid dienone is 1. The van der Waals surface area contributed by atoms with Gasteiger partial charge in [0.05, 0.1) is 18.7 Å². The first-order valence-corrected chi connectivity index (χ1v) is 11.6. The quantitative estimate of drug-likeness (QED) is 0.716. The normalized spacial score (nSPS) is 24.9. The van der Waals surface area contributed by atoms with Gasteiger partial charge in [0.15, 0.2) is 0 Å². The topological polar surface area (TPSA) is 35.9 Å². The molecule has 2 aliphatic heterocycles. The molecule has 2 aromatic rings. The van der Waals surface area contributed by atoms with E-state index < -0.39 is 0 Å². The molecule has 2 aromatic carbocycles. The van der Waals surface area contributed by atoms with Crippen molar-refractivity contribution in [2.45, 2.75) is 32.1 Å². The average Bonchev–Trinajstić information content (AvgIpc) is 3.23. The minimum absolute atomic E-state index is 0.0582. The second-order valence-corrected chi connectivity index (χ2v) is 9.53. The van der Waals surface area contributed by atoms with Crippen LogP contribution < -0.4 is 0 Å². The maximum absolute atomic E-state index is 13.2. The van der Waals surface area contributed by atoms with Gasteiger partial charge in [-0.25, -0.2) is 4.39 Å². The molecule has 1 saturated heterocycles. The number of carbonyl (C=O) groups excluding carboxylic acids is 1. The highest BCUT2D eigenvalue weighted by atomic mass is 19.1. The van der Waals surface area contributed by atoms with Gasteiger partial charge in [0.2, 0.25) is 5.91 Å². The third-order valence-electron chi connectivity index (χ3n) is 7.46. The van der Waals surface area contributed by atoms with Crippen molar-refractivity contribution in [1.29, 1.82) is 0 Å². The molecule has 4 nitrogen and oxygen atoms in total. The van der Waals surface area contributed by atoms with Gasteiger partial charge in [0, 0.05) is 26.1 Å². The van der Waals surface area contributed by atoms with Gasteiger partial charge in [-0.2, -0.15) is 5.10 Å². The minimum atomic E-state index is -0.269. The fourth-order valence-corrected chi connectivity index (χ4v) is 5.66. The molecule has 1 saturated carbocycles. The van der Waals surface area contributed by atoms with Crippen molar-refractivity contribution in [3.05, 3.63) is 83.2 Å². The number of likely N-dealkylation sites (N-methyl/N-ethyl adjacent to an activating group) is 1. The summed E-state index contributed by atoms with van der Waals surface area (Å²) >= 11 is 0. The van der Waals surface area contributed by atoms with Gasteiger partial charge < -0.3 is 4.90 Å². The van der Waals surface area contributed by atoms with Crippen LogP contribution in [0.1, 0.15) is 30.4 Å². The minimum Gasteiger partial charge on any atom is -0.342 e.